The lowest BCUT2D eigenvalue weighted by molar-refractivity contribution is -0.136. The molecule has 0 bridgehead atoms. The average molecular weight is 677 g/mol. The van der Waals surface area contributed by atoms with Crippen molar-refractivity contribution in [2.45, 2.75) is 123 Å². The Morgan fingerprint density at radius 3 is 1.36 bits per heavy atom. The van der Waals surface area contributed by atoms with E-state index in [1.165, 1.54) is 11.1 Å². The van der Waals surface area contributed by atoms with Crippen LogP contribution in [0.1, 0.15) is 83.6 Å². The molecule has 0 atom stereocenters. The standard InChI is InChI=1S/C24H35NO2Si.C15H25NO2Si/c1-7-19-8-10-21(11-9-19)18-25-22-15-12-20(13-16-22)14-17-23(26)27-28(5,6)24(2,3)4;1-15(2,3)19(4,5)18-14(17)11-8-12-6-9-13(16)10-7-12/h8-13,15-16,25H,7,14,17-18H2,1-6H3;6-7,9-10H,8,11,16H2,1-5H3. The average Bonchev–Trinajstić information content (AvgIpc) is 2.98. The van der Waals surface area contributed by atoms with E-state index in [0.29, 0.717) is 25.7 Å². The molecule has 0 saturated heterocycles. The molecule has 47 heavy (non-hydrogen) atoms. The summed E-state index contributed by atoms with van der Waals surface area (Å²) >= 11 is 0. The molecule has 0 fully saturated rings. The molecule has 0 amide bonds. The molecule has 0 radical (unpaired) electrons. The minimum Gasteiger partial charge on any atom is -0.519 e. The van der Waals surface area contributed by atoms with Gasteiger partial charge in [-0.25, -0.2) is 0 Å². The summed E-state index contributed by atoms with van der Waals surface area (Å²) < 4.78 is 11.6. The lowest BCUT2D eigenvalue weighted by Gasteiger charge is -2.35. The van der Waals surface area contributed by atoms with Crippen LogP contribution in [0.3, 0.4) is 0 Å². The first-order valence-corrected chi connectivity index (χ1v) is 22.7. The molecule has 3 aromatic rings. The minimum absolute atomic E-state index is 0.0485. The predicted molar refractivity (Wildman–Crippen MR) is 204 cm³/mol. The smallest absolute Gasteiger partial charge is 0.292 e. The van der Waals surface area contributed by atoms with Crippen LogP contribution in [-0.2, 0) is 44.2 Å². The highest BCUT2D eigenvalue weighted by Crippen LogP contribution is 2.37. The lowest BCUT2D eigenvalue weighted by atomic mass is 10.1. The van der Waals surface area contributed by atoms with E-state index in [4.69, 9.17) is 14.6 Å². The third kappa shape index (κ3) is 13.7. The normalized spacial score (nSPS) is 12.1. The third-order valence-corrected chi connectivity index (χ3v) is 18.1. The van der Waals surface area contributed by atoms with E-state index in [9.17, 15) is 9.59 Å². The van der Waals surface area contributed by atoms with Crippen molar-refractivity contribution in [1.29, 1.82) is 0 Å². The van der Waals surface area contributed by atoms with Crippen LogP contribution in [0.2, 0.25) is 36.3 Å². The first-order valence-electron chi connectivity index (χ1n) is 16.9. The summed E-state index contributed by atoms with van der Waals surface area (Å²) in [6.45, 7) is 24.2. The van der Waals surface area contributed by atoms with Crippen LogP contribution in [0.5, 0.6) is 0 Å². The molecule has 3 N–H and O–H groups in total. The van der Waals surface area contributed by atoms with E-state index < -0.39 is 16.6 Å². The fourth-order valence-electron chi connectivity index (χ4n) is 4.04. The molecule has 0 aliphatic carbocycles. The molecule has 0 spiro atoms. The van der Waals surface area contributed by atoms with Crippen molar-refractivity contribution in [3.63, 3.8) is 0 Å². The molecule has 0 aromatic heterocycles. The number of carbonyl (C=O) groups excluding carboxylic acids is 2. The molecule has 0 saturated carbocycles. The summed E-state index contributed by atoms with van der Waals surface area (Å²) in [4.78, 5) is 24.2. The van der Waals surface area contributed by atoms with Crippen LogP contribution in [0.25, 0.3) is 0 Å². The summed E-state index contributed by atoms with van der Waals surface area (Å²) in [6, 6.07) is 24.7. The second-order valence-corrected chi connectivity index (χ2v) is 24.9. The molecule has 0 unspecified atom stereocenters. The zero-order valence-corrected chi connectivity index (χ0v) is 32.9. The van der Waals surface area contributed by atoms with Gasteiger partial charge in [0.2, 0.25) is 0 Å². The molecule has 3 rings (SSSR count). The highest BCUT2D eigenvalue weighted by molar-refractivity contribution is 6.75. The van der Waals surface area contributed by atoms with Crippen molar-refractivity contribution >= 4 is 39.9 Å². The van der Waals surface area contributed by atoms with Gasteiger partial charge in [-0.2, -0.15) is 0 Å². The Bertz CT molecular complexity index is 1400. The maximum absolute atomic E-state index is 12.3. The molecule has 0 aliphatic rings. The van der Waals surface area contributed by atoms with Gasteiger partial charge in [0, 0.05) is 30.8 Å². The number of benzene rings is 3. The van der Waals surface area contributed by atoms with Crippen molar-refractivity contribution in [3.8, 4) is 0 Å². The topological polar surface area (TPSA) is 90.6 Å². The first-order chi connectivity index (χ1) is 21.7. The van der Waals surface area contributed by atoms with Gasteiger partial charge < -0.3 is 19.9 Å². The number of nitrogens with two attached hydrogens (primary N) is 1. The Labute approximate surface area is 287 Å². The van der Waals surface area contributed by atoms with Gasteiger partial charge in [-0.1, -0.05) is 97.0 Å². The Morgan fingerprint density at radius 2 is 0.979 bits per heavy atom. The Morgan fingerprint density at radius 1 is 0.617 bits per heavy atom. The SMILES string of the molecule is CC(C)(C)[Si](C)(C)OC(=O)CCc1ccc(N)cc1.CCc1ccc(CNc2ccc(CCC(=O)O[Si](C)(C)C(C)(C)C)cc2)cc1. The van der Waals surface area contributed by atoms with E-state index in [-0.39, 0.29) is 22.0 Å². The van der Waals surface area contributed by atoms with Gasteiger partial charge in [-0.15, -0.1) is 0 Å². The van der Waals surface area contributed by atoms with Crippen molar-refractivity contribution in [1.82, 2.24) is 0 Å². The summed E-state index contributed by atoms with van der Waals surface area (Å²) in [7, 11) is -4.01. The summed E-state index contributed by atoms with van der Waals surface area (Å²) in [5.41, 5.74) is 12.4. The molecular weight excluding hydrogens is 617 g/mol. The highest BCUT2D eigenvalue weighted by atomic mass is 28.4. The second-order valence-electron chi connectivity index (χ2n) is 15.4. The number of hydrogen-bond acceptors (Lipinski definition) is 6. The van der Waals surface area contributed by atoms with Crippen LogP contribution in [-0.4, -0.2) is 28.6 Å². The number of nitrogen functional groups attached to an aromatic ring is 1. The molecule has 258 valence electrons. The van der Waals surface area contributed by atoms with Crippen molar-refractivity contribution in [2.24, 2.45) is 0 Å². The quantitative estimate of drug-likeness (QED) is 0.147. The molecule has 0 heterocycles. The first kappa shape index (κ1) is 39.8. The van der Waals surface area contributed by atoms with Crippen LogP contribution in [0, 0.1) is 0 Å². The fourth-order valence-corrected chi connectivity index (χ4v) is 6.00. The van der Waals surface area contributed by atoms with E-state index in [1.807, 2.05) is 24.3 Å². The van der Waals surface area contributed by atoms with E-state index in [0.717, 1.165) is 35.5 Å². The predicted octanol–water partition coefficient (Wildman–Crippen LogP) is 10.1. The zero-order valence-electron chi connectivity index (χ0n) is 30.9. The van der Waals surface area contributed by atoms with Crippen molar-refractivity contribution in [3.05, 3.63) is 95.1 Å². The Kier molecular flexibility index (Phi) is 14.5. The molecule has 3 aromatic carbocycles. The van der Waals surface area contributed by atoms with Gasteiger partial charge in [0.1, 0.15) is 0 Å². The molecule has 6 nitrogen and oxygen atoms in total. The molecular formula is C39H60N2O4Si2. The minimum atomic E-state index is -2.02. The number of nitrogens with one attached hydrogen (secondary N) is 1. The monoisotopic (exact) mass is 676 g/mol. The van der Waals surface area contributed by atoms with E-state index in [2.05, 4.69) is 129 Å². The summed E-state index contributed by atoms with van der Waals surface area (Å²) in [5.74, 6) is -0.173. The number of hydrogen-bond donors (Lipinski definition) is 2. The number of rotatable bonds is 12. The van der Waals surface area contributed by atoms with Crippen LogP contribution < -0.4 is 11.1 Å². The lowest BCUT2D eigenvalue weighted by Crippen LogP contribution is -2.42. The molecule has 0 aliphatic heterocycles. The number of aryl methyl sites for hydroxylation is 3. The van der Waals surface area contributed by atoms with E-state index >= 15 is 0 Å². The van der Waals surface area contributed by atoms with Gasteiger partial charge in [-0.3, -0.25) is 9.59 Å². The highest BCUT2D eigenvalue weighted by Gasteiger charge is 2.41. The van der Waals surface area contributed by atoms with Crippen molar-refractivity contribution < 1.29 is 18.4 Å². The van der Waals surface area contributed by atoms with Crippen molar-refractivity contribution in [2.75, 3.05) is 11.1 Å². The Hall–Kier alpha value is -3.37. The van der Waals surface area contributed by atoms with Gasteiger partial charge in [0.05, 0.1) is 0 Å². The summed E-state index contributed by atoms with van der Waals surface area (Å²) in [6.07, 6.45) is 3.35. The number of anilines is 2. The van der Waals surface area contributed by atoms with Crippen LogP contribution in [0.4, 0.5) is 11.4 Å². The zero-order chi connectivity index (χ0) is 35.5. The maximum Gasteiger partial charge on any atom is 0.292 e. The van der Waals surface area contributed by atoms with Gasteiger partial charge in [-0.05, 0) is 102 Å². The largest absolute Gasteiger partial charge is 0.519 e. The molecule has 8 heteroatoms. The van der Waals surface area contributed by atoms with Crippen LogP contribution in [0.15, 0.2) is 72.8 Å². The van der Waals surface area contributed by atoms with Gasteiger partial charge in [0.15, 0.2) is 0 Å². The second kappa shape index (κ2) is 17.2. The Balaban J connectivity index is 0.000000353. The fraction of sp³-hybridized carbons (Fsp3) is 0.487. The van der Waals surface area contributed by atoms with Crippen LogP contribution >= 0.6 is 0 Å². The summed E-state index contributed by atoms with van der Waals surface area (Å²) in [5, 5.41) is 3.56. The van der Waals surface area contributed by atoms with E-state index in [1.54, 1.807) is 0 Å². The van der Waals surface area contributed by atoms with Gasteiger partial charge >= 0.3 is 0 Å². The third-order valence-electron chi connectivity index (χ3n) is 9.45. The number of carbonyl (C=O) groups is 2. The van der Waals surface area contributed by atoms with Gasteiger partial charge in [0.25, 0.3) is 28.6 Å². The maximum atomic E-state index is 12.3.